The summed E-state index contributed by atoms with van der Waals surface area (Å²) in [6, 6.07) is 7.18. The third-order valence-corrected chi connectivity index (χ3v) is 4.38. The Kier molecular flexibility index (Phi) is 5.49. The van der Waals surface area contributed by atoms with Crippen LogP contribution in [0.1, 0.15) is 6.42 Å². The number of urea groups is 1. The van der Waals surface area contributed by atoms with Gasteiger partial charge < -0.3 is 15.5 Å². The van der Waals surface area contributed by atoms with Gasteiger partial charge in [-0.25, -0.2) is 18.4 Å². The van der Waals surface area contributed by atoms with Crippen LogP contribution in [0, 0.1) is 0 Å². The number of nitrogens with two attached hydrogens (primary N) is 1. The molecule has 1 aromatic rings. The first-order valence-electron chi connectivity index (χ1n) is 6.89. The molecule has 122 valence electrons. The second-order valence-electron chi connectivity index (χ2n) is 5.18. The first-order valence-corrected chi connectivity index (χ1v) is 8.98. The highest BCUT2D eigenvalue weighted by atomic mass is 35.5. The Morgan fingerprint density at radius 3 is 2.91 bits per heavy atom. The summed E-state index contributed by atoms with van der Waals surface area (Å²) in [4.78, 5) is 13.8. The fourth-order valence-electron chi connectivity index (χ4n) is 2.33. The summed E-state index contributed by atoms with van der Waals surface area (Å²) in [7, 11) is -3.56. The van der Waals surface area contributed by atoms with Gasteiger partial charge in [-0.05, 0) is 24.6 Å². The van der Waals surface area contributed by atoms with Crippen LogP contribution in [0.25, 0.3) is 0 Å². The second-order valence-corrected chi connectivity index (χ2v) is 7.35. The van der Waals surface area contributed by atoms with E-state index >= 15 is 0 Å². The molecule has 1 atom stereocenters. The van der Waals surface area contributed by atoms with E-state index in [0.29, 0.717) is 11.6 Å². The van der Waals surface area contributed by atoms with Gasteiger partial charge in [-0.2, -0.15) is 0 Å². The number of carbonyl (C=O) groups excluding carboxylic acids is 1. The van der Waals surface area contributed by atoms with Gasteiger partial charge >= 0.3 is 6.03 Å². The summed E-state index contributed by atoms with van der Waals surface area (Å²) in [5.41, 5.74) is 1.02. The van der Waals surface area contributed by atoms with E-state index in [0.717, 1.165) is 18.7 Å². The van der Waals surface area contributed by atoms with Gasteiger partial charge in [0, 0.05) is 36.4 Å². The summed E-state index contributed by atoms with van der Waals surface area (Å²) >= 11 is 5.97. The molecule has 9 heteroatoms. The Morgan fingerprint density at radius 1 is 1.45 bits per heavy atom. The van der Waals surface area contributed by atoms with Gasteiger partial charge in [-0.3, -0.25) is 0 Å². The Bertz CT molecular complexity index is 638. The molecule has 2 amide bonds. The number of amides is 2. The third-order valence-electron chi connectivity index (χ3n) is 3.37. The molecule has 0 aliphatic carbocycles. The van der Waals surface area contributed by atoms with E-state index in [4.69, 9.17) is 16.7 Å². The van der Waals surface area contributed by atoms with Crippen molar-refractivity contribution in [2.24, 2.45) is 5.14 Å². The highest BCUT2D eigenvalue weighted by Gasteiger charge is 2.24. The highest BCUT2D eigenvalue weighted by Crippen LogP contribution is 2.23. The number of anilines is 1. The number of hydrogen-bond donors (Lipinski definition) is 3. The summed E-state index contributed by atoms with van der Waals surface area (Å²) in [6.45, 7) is 1.50. The van der Waals surface area contributed by atoms with Gasteiger partial charge in [0.05, 0.1) is 5.75 Å². The predicted molar refractivity (Wildman–Crippen MR) is 86.6 cm³/mol. The van der Waals surface area contributed by atoms with Gasteiger partial charge in [0.2, 0.25) is 10.0 Å². The van der Waals surface area contributed by atoms with Crippen molar-refractivity contribution < 1.29 is 13.2 Å². The lowest BCUT2D eigenvalue weighted by Gasteiger charge is -2.19. The normalized spacial score (nSPS) is 18.3. The van der Waals surface area contributed by atoms with Crippen LogP contribution >= 0.6 is 11.6 Å². The molecule has 1 heterocycles. The van der Waals surface area contributed by atoms with Crippen molar-refractivity contribution in [2.75, 3.05) is 30.3 Å². The molecule has 4 N–H and O–H groups in total. The molecule has 22 heavy (non-hydrogen) atoms. The highest BCUT2D eigenvalue weighted by molar-refractivity contribution is 7.89. The van der Waals surface area contributed by atoms with E-state index in [-0.39, 0.29) is 24.4 Å². The van der Waals surface area contributed by atoms with Crippen molar-refractivity contribution in [1.29, 1.82) is 0 Å². The Morgan fingerprint density at radius 2 is 2.23 bits per heavy atom. The van der Waals surface area contributed by atoms with Gasteiger partial charge in [0.15, 0.2) is 0 Å². The van der Waals surface area contributed by atoms with Crippen molar-refractivity contribution in [2.45, 2.75) is 12.5 Å². The Balaban J connectivity index is 1.77. The molecule has 1 aromatic carbocycles. The van der Waals surface area contributed by atoms with Gasteiger partial charge in [0.25, 0.3) is 0 Å². The van der Waals surface area contributed by atoms with E-state index < -0.39 is 10.0 Å². The van der Waals surface area contributed by atoms with Crippen LogP contribution in [0.2, 0.25) is 5.02 Å². The van der Waals surface area contributed by atoms with E-state index in [9.17, 15) is 13.2 Å². The molecule has 1 aliphatic heterocycles. The minimum atomic E-state index is -3.56. The summed E-state index contributed by atoms with van der Waals surface area (Å²) in [6.07, 6.45) is 0.815. The molecular weight excluding hydrogens is 328 g/mol. The number of nitrogens with zero attached hydrogens (tertiary/aromatic N) is 1. The van der Waals surface area contributed by atoms with Crippen molar-refractivity contribution in [3.8, 4) is 0 Å². The van der Waals surface area contributed by atoms with Crippen LogP contribution in [-0.2, 0) is 10.0 Å². The number of carbonyl (C=O) groups is 1. The molecule has 0 bridgehead atoms. The largest absolute Gasteiger partial charge is 0.369 e. The number of rotatable bonds is 5. The lowest BCUT2D eigenvalue weighted by molar-refractivity contribution is 0.238. The fourth-order valence-corrected chi connectivity index (χ4v) is 2.90. The molecule has 2 rings (SSSR count). The van der Waals surface area contributed by atoms with Gasteiger partial charge in [-0.1, -0.05) is 17.7 Å². The summed E-state index contributed by atoms with van der Waals surface area (Å²) in [5.74, 6) is -0.278. The number of primary sulfonamides is 1. The zero-order chi connectivity index (χ0) is 16.2. The molecular formula is C13H19ClN4O3S. The van der Waals surface area contributed by atoms with Crippen molar-refractivity contribution in [3.63, 3.8) is 0 Å². The number of hydrogen-bond acceptors (Lipinski definition) is 4. The maximum absolute atomic E-state index is 11.7. The lowest BCUT2D eigenvalue weighted by atomic mass is 10.3. The monoisotopic (exact) mass is 346 g/mol. The quantitative estimate of drug-likeness (QED) is 0.722. The lowest BCUT2D eigenvalue weighted by Crippen LogP contribution is -2.44. The molecule has 1 aliphatic rings. The topological polar surface area (TPSA) is 105 Å². The van der Waals surface area contributed by atoms with Crippen molar-refractivity contribution >= 4 is 33.3 Å². The zero-order valence-electron chi connectivity index (χ0n) is 12.0. The first kappa shape index (κ1) is 16.9. The molecule has 0 aromatic heterocycles. The van der Waals surface area contributed by atoms with Crippen LogP contribution in [0.15, 0.2) is 24.3 Å². The first-order chi connectivity index (χ1) is 10.3. The average molecular weight is 347 g/mol. The van der Waals surface area contributed by atoms with E-state index in [1.54, 1.807) is 0 Å². The maximum Gasteiger partial charge on any atom is 0.315 e. The molecule has 1 saturated heterocycles. The van der Waals surface area contributed by atoms with E-state index in [1.165, 1.54) is 0 Å². The fraction of sp³-hybridized carbons (Fsp3) is 0.462. The smallest absolute Gasteiger partial charge is 0.315 e. The Hall–Kier alpha value is -1.51. The number of benzene rings is 1. The SMILES string of the molecule is NS(=O)(=O)CCNC(=O)N[C@@H]1CCN(c2cccc(Cl)c2)C1. The minimum absolute atomic E-state index is 0.00457. The molecule has 0 saturated carbocycles. The predicted octanol–water partition coefficient (Wildman–Crippen LogP) is 0.506. The van der Waals surface area contributed by atoms with Crippen LogP contribution in [-0.4, -0.2) is 45.9 Å². The van der Waals surface area contributed by atoms with Crippen molar-refractivity contribution in [3.05, 3.63) is 29.3 Å². The summed E-state index contributed by atoms with van der Waals surface area (Å²) in [5, 5.41) is 10.8. The van der Waals surface area contributed by atoms with Crippen LogP contribution in [0.5, 0.6) is 0 Å². The molecule has 7 nitrogen and oxygen atoms in total. The van der Waals surface area contributed by atoms with Crippen LogP contribution < -0.4 is 20.7 Å². The standard InChI is InChI=1S/C13H19ClN4O3S/c14-10-2-1-3-12(8-10)18-6-4-11(9-18)17-13(19)16-5-7-22(15,20)21/h1-3,8,11H,4-7,9H2,(H2,15,20,21)(H2,16,17,19)/t11-/m1/s1. The Labute approximate surface area is 134 Å². The number of nitrogens with one attached hydrogen (secondary N) is 2. The minimum Gasteiger partial charge on any atom is -0.369 e. The molecule has 0 spiro atoms. The maximum atomic E-state index is 11.7. The molecule has 1 fully saturated rings. The molecule has 0 radical (unpaired) electrons. The average Bonchev–Trinajstić information content (AvgIpc) is 2.85. The van der Waals surface area contributed by atoms with Gasteiger partial charge in [0.1, 0.15) is 0 Å². The number of halogens is 1. The third kappa shape index (κ3) is 5.36. The molecule has 0 unspecified atom stereocenters. The van der Waals surface area contributed by atoms with E-state index in [1.807, 2.05) is 24.3 Å². The van der Waals surface area contributed by atoms with Crippen molar-refractivity contribution in [1.82, 2.24) is 10.6 Å². The van der Waals surface area contributed by atoms with Gasteiger partial charge in [-0.15, -0.1) is 0 Å². The van der Waals surface area contributed by atoms with Crippen LogP contribution in [0.3, 0.4) is 0 Å². The van der Waals surface area contributed by atoms with Crippen LogP contribution in [0.4, 0.5) is 10.5 Å². The summed E-state index contributed by atoms with van der Waals surface area (Å²) < 4.78 is 21.5. The second kappa shape index (κ2) is 7.17. The number of sulfonamides is 1. The zero-order valence-corrected chi connectivity index (χ0v) is 13.5. The van der Waals surface area contributed by atoms with E-state index in [2.05, 4.69) is 15.5 Å².